The van der Waals surface area contributed by atoms with E-state index in [0.717, 1.165) is 5.56 Å². The Balaban J connectivity index is 2.91. The topological polar surface area (TPSA) is 29.1 Å². The van der Waals surface area contributed by atoms with Crippen molar-refractivity contribution in [3.05, 3.63) is 34.3 Å². The Labute approximate surface area is 116 Å². The van der Waals surface area contributed by atoms with Gasteiger partial charge in [0.15, 0.2) is 0 Å². The van der Waals surface area contributed by atoms with E-state index in [1.165, 1.54) is 0 Å². The first-order valence-electron chi connectivity index (χ1n) is 5.46. The molecule has 17 heavy (non-hydrogen) atoms. The lowest BCUT2D eigenvalue weighted by atomic mass is 10.0. The van der Waals surface area contributed by atoms with Gasteiger partial charge in [-0.25, -0.2) is 0 Å². The van der Waals surface area contributed by atoms with Crippen molar-refractivity contribution < 1.29 is 4.79 Å². The fourth-order valence-corrected chi connectivity index (χ4v) is 1.74. The number of hydrogen-bond donors (Lipinski definition) is 1. The van der Waals surface area contributed by atoms with Crippen LogP contribution in [0.4, 0.5) is 0 Å². The summed E-state index contributed by atoms with van der Waals surface area (Å²) in [7, 11) is 0. The van der Waals surface area contributed by atoms with E-state index in [-0.39, 0.29) is 16.3 Å². The van der Waals surface area contributed by atoms with E-state index in [9.17, 15) is 4.79 Å². The molecule has 2 nitrogen and oxygen atoms in total. The summed E-state index contributed by atoms with van der Waals surface area (Å²) in [5.41, 5.74) is 1.26. The molecule has 0 bridgehead atoms. The van der Waals surface area contributed by atoms with E-state index < -0.39 is 0 Å². The number of nitrogens with one attached hydrogen (secondary N) is 1. The van der Waals surface area contributed by atoms with Crippen molar-refractivity contribution in [2.24, 2.45) is 0 Å². The first kappa shape index (κ1) is 14.5. The zero-order chi connectivity index (χ0) is 13.2. The number of carbonyl (C=O) groups is 1. The number of rotatable bonds is 3. The number of alkyl halides is 1. The molecule has 0 saturated carbocycles. The van der Waals surface area contributed by atoms with Gasteiger partial charge in [0.05, 0.1) is 0 Å². The van der Waals surface area contributed by atoms with Gasteiger partial charge >= 0.3 is 0 Å². The van der Waals surface area contributed by atoms with Crippen LogP contribution in [0.3, 0.4) is 0 Å². The van der Waals surface area contributed by atoms with Gasteiger partial charge in [0.2, 0.25) is 0 Å². The summed E-state index contributed by atoms with van der Waals surface area (Å²) in [6.07, 6.45) is 0. The molecule has 1 rings (SSSR count). The van der Waals surface area contributed by atoms with E-state index in [0.29, 0.717) is 10.6 Å². The summed E-state index contributed by atoms with van der Waals surface area (Å²) in [5, 5.41) is 3.57. The Bertz CT molecular complexity index is 409. The SMILES string of the molecule is Cc1cc(Cl)cc(C(=O)NC(C)(C)C(C)Br)c1. The molecule has 1 amide bonds. The van der Waals surface area contributed by atoms with Gasteiger partial charge in [-0.3, -0.25) is 4.79 Å². The number of halogens is 2. The van der Waals surface area contributed by atoms with Gasteiger partial charge < -0.3 is 5.32 Å². The number of carbonyl (C=O) groups excluding carboxylic acids is 1. The summed E-state index contributed by atoms with van der Waals surface area (Å²) in [6.45, 7) is 7.87. The molecule has 1 atom stereocenters. The third kappa shape index (κ3) is 4.00. The van der Waals surface area contributed by atoms with Crippen molar-refractivity contribution in [3.63, 3.8) is 0 Å². The van der Waals surface area contributed by atoms with E-state index in [4.69, 9.17) is 11.6 Å². The molecule has 0 aliphatic carbocycles. The van der Waals surface area contributed by atoms with Crippen molar-refractivity contribution in [3.8, 4) is 0 Å². The average molecular weight is 319 g/mol. The largest absolute Gasteiger partial charge is 0.346 e. The van der Waals surface area contributed by atoms with Gasteiger partial charge in [0.25, 0.3) is 5.91 Å². The predicted octanol–water partition coefficient (Wildman–Crippen LogP) is 3.94. The Morgan fingerprint density at radius 2 is 2.00 bits per heavy atom. The second-order valence-corrected chi connectivity index (χ2v) is 6.62. The van der Waals surface area contributed by atoms with Gasteiger partial charge in [0, 0.05) is 21.0 Å². The fraction of sp³-hybridized carbons (Fsp3) is 0.462. The highest BCUT2D eigenvalue weighted by Gasteiger charge is 2.26. The number of hydrogen-bond acceptors (Lipinski definition) is 1. The number of amides is 1. The average Bonchev–Trinajstić information content (AvgIpc) is 2.15. The molecule has 0 aromatic heterocycles. The molecule has 1 unspecified atom stereocenters. The first-order valence-corrected chi connectivity index (χ1v) is 6.75. The first-order chi connectivity index (χ1) is 7.72. The molecule has 0 aliphatic heterocycles. The third-order valence-corrected chi connectivity index (χ3v) is 4.10. The van der Waals surface area contributed by atoms with Crippen LogP contribution in [0.15, 0.2) is 18.2 Å². The lowest BCUT2D eigenvalue weighted by Gasteiger charge is -2.29. The highest BCUT2D eigenvalue weighted by atomic mass is 79.9. The summed E-state index contributed by atoms with van der Waals surface area (Å²) in [6, 6.07) is 5.34. The van der Waals surface area contributed by atoms with Gasteiger partial charge in [-0.05, 0) is 44.5 Å². The summed E-state index contributed by atoms with van der Waals surface area (Å²) in [4.78, 5) is 12.3. The van der Waals surface area contributed by atoms with Crippen molar-refractivity contribution in [1.29, 1.82) is 0 Å². The highest BCUT2D eigenvalue weighted by molar-refractivity contribution is 9.09. The van der Waals surface area contributed by atoms with Crippen LogP contribution in [0.1, 0.15) is 36.7 Å². The third-order valence-electron chi connectivity index (χ3n) is 2.73. The molecule has 1 N–H and O–H groups in total. The minimum absolute atomic E-state index is 0.105. The second-order valence-electron chi connectivity index (χ2n) is 4.81. The van der Waals surface area contributed by atoms with Gasteiger partial charge in [0.1, 0.15) is 0 Å². The molecule has 0 radical (unpaired) electrons. The Hall–Kier alpha value is -0.540. The quantitative estimate of drug-likeness (QED) is 0.840. The zero-order valence-electron chi connectivity index (χ0n) is 10.5. The Morgan fingerprint density at radius 1 is 1.41 bits per heavy atom. The molecule has 0 saturated heterocycles. The fourth-order valence-electron chi connectivity index (χ4n) is 1.33. The molecule has 1 aromatic carbocycles. The van der Waals surface area contributed by atoms with Crippen LogP contribution in [0.25, 0.3) is 0 Å². The van der Waals surface area contributed by atoms with E-state index in [2.05, 4.69) is 21.2 Å². The minimum Gasteiger partial charge on any atom is -0.346 e. The van der Waals surface area contributed by atoms with Gasteiger partial charge in [-0.1, -0.05) is 34.5 Å². The predicted molar refractivity (Wildman–Crippen MR) is 76.1 cm³/mol. The van der Waals surface area contributed by atoms with Crippen LogP contribution < -0.4 is 5.32 Å². The Morgan fingerprint density at radius 3 is 2.47 bits per heavy atom. The van der Waals surface area contributed by atoms with Crippen molar-refractivity contribution in [2.75, 3.05) is 0 Å². The normalized spacial score (nSPS) is 13.3. The maximum atomic E-state index is 12.1. The maximum absolute atomic E-state index is 12.1. The van der Waals surface area contributed by atoms with E-state index in [1.807, 2.05) is 39.8 Å². The van der Waals surface area contributed by atoms with Crippen molar-refractivity contribution in [1.82, 2.24) is 5.32 Å². The number of aryl methyl sites for hydroxylation is 1. The van der Waals surface area contributed by atoms with Crippen molar-refractivity contribution >= 4 is 33.4 Å². The van der Waals surface area contributed by atoms with Crippen LogP contribution in [0, 0.1) is 6.92 Å². The van der Waals surface area contributed by atoms with Crippen LogP contribution in [-0.4, -0.2) is 16.3 Å². The van der Waals surface area contributed by atoms with Crippen LogP contribution >= 0.6 is 27.5 Å². The lowest BCUT2D eigenvalue weighted by Crippen LogP contribution is -2.48. The molecule has 94 valence electrons. The van der Waals surface area contributed by atoms with E-state index in [1.54, 1.807) is 6.07 Å². The molecular weight excluding hydrogens is 302 g/mol. The summed E-state index contributed by atoms with van der Waals surface area (Å²) < 4.78 is 0. The maximum Gasteiger partial charge on any atom is 0.251 e. The van der Waals surface area contributed by atoms with Crippen LogP contribution in [0.5, 0.6) is 0 Å². The molecule has 4 heteroatoms. The number of benzene rings is 1. The smallest absolute Gasteiger partial charge is 0.251 e. The van der Waals surface area contributed by atoms with Gasteiger partial charge in [-0.2, -0.15) is 0 Å². The van der Waals surface area contributed by atoms with E-state index >= 15 is 0 Å². The minimum atomic E-state index is -0.312. The monoisotopic (exact) mass is 317 g/mol. The molecular formula is C13H17BrClNO. The lowest BCUT2D eigenvalue weighted by molar-refractivity contribution is 0.0914. The van der Waals surface area contributed by atoms with Crippen molar-refractivity contribution in [2.45, 2.75) is 38.1 Å². The summed E-state index contributed by atoms with van der Waals surface area (Å²) >= 11 is 9.42. The molecule has 1 aromatic rings. The molecule has 0 aliphatic rings. The molecule has 0 fully saturated rings. The van der Waals surface area contributed by atoms with Crippen LogP contribution in [-0.2, 0) is 0 Å². The summed E-state index contributed by atoms with van der Waals surface area (Å²) in [5.74, 6) is -0.105. The molecule has 0 heterocycles. The standard InChI is InChI=1S/C13H17BrClNO/c1-8-5-10(7-11(15)6-8)12(17)16-13(3,4)9(2)14/h5-7,9H,1-4H3,(H,16,17). The second kappa shape index (κ2) is 5.40. The molecule has 0 spiro atoms. The zero-order valence-corrected chi connectivity index (χ0v) is 12.8. The Kier molecular flexibility index (Phi) is 4.62. The highest BCUT2D eigenvalue weighted by Crippen LogP contribution is 2.19. The van der Waals surface area contributed by atoms with Gasteiger partial charge in [-0.15, -0.1) is 0 Å². The van der Waals surface area contributed by atoms with Crippen LogP contribution in [0.2, 0.25) is 5.02 Å².